The van der Waals surface area contributed by atoms with Crippen LogP contribution < -0.4 is 5.32 Å². The van der Waals surface area contributed by atoms with E-state index in [1.807, 2.05) is 0 Å². The number of nitrogens with one attached hydrogen (secondary N) is 1. The molecule has 0 bridgehead atoms. The van der Waals surface area contributed by atoms with Crippen molar-refractivity contribution < 1.29 is 5.11 Å². The first-order chi connectivity index (χ1) is 7.77. The normalized spacial score (nSPS) is 34.9. The van der Waals surface area contributed by atoms with Crippen LogP contribution in [0.1, 0.15) is 64.7 Å². The van der Waals surface area contributed by atoms with Gasteiger partial charge in [0.1, 0.15) is 0 Å². The van der Waals surface area contributed by atoms with Gasteiger partial charge in [0.25, 0.3) is 0 Å². The van der Waals surface area contributed by atoms with Crippen molar-refractivity contribution in [3.63, 3.8) is 0 Å². The van der Waals surface area contributed by atoms with Crippen molar-refractivity contribution in [2.24, 2.45) is 5.92 Å². The van der Waals surface area contributed by atoms with Crippen molar-refractivity contribution in [3.8, 4) is 0 Å². The van der Waals surface area contributed by atoms with Crippen LogP contribution in [0, 0.1) is 5.92 Å². The molecule has 2 rings (SSSR count). The molecule has 16 heavy (non-hydrogen) atoms. The predicted molar refractivity (Wildman–Crippen MR) is 67.4 cm³/mol. The highest BCUT2D eigenvalue weighted by Gasteiger charge is 2.28. The molecule has 0 aromatic heterocycles. The molecule has 0 saturated heterocycles. The molecule has 0 spiro atoms. The lowest BCUT2D eigenvalue weighted by atomic mass is 9.92. The first-order valence-corrected chi connectivity index (χ1v) is 7.21. The zero-order valence-electron chi connectivity index (χ0n) is 10.6. The second kappa shape index (κ2) is 6.02. The Labute approximate surface area is 99.8 Å². The standard InChI is InChI=1S/C14H27NO/c1-11(12-7-4-2-3-5-8-12)15-13-9-6-10-14(13)16/h11-16H,2-10H2,1H3/t11-,13-,14-/m0/s1. The maximum Gasteiger partial charge on any atom is 0.0693 e. The Kier molecular flexibility index (Phi) is 4.66. The van der Waals surface area contributed by atoms with Crippen molar-refractivity contribution in [2.45, 2.75) is 82.9 Å². The van der Waals surface area contributed by atoms with Gasteiger partial charge in [-0.05, 0) is 44.9 Å². The Morgan fingerprint density at radius 2 is 1.62 bits per heavy atom. The third-order valence-electron chi connectivity index (χ3n) is 4.56. The fourth-order valence-corrected chi connectivity index (χ4v) is 3.42. The second-order valence-electron chi connectivity index (χ2n) is 5.81. The fraction of sp³-hybridized carbons (Fsp3) is 1.00. The molecular weight excluding hydrogens is 198 g/mol. The van der Waals surface area contributed by atoms with Crippen LogP contribution in [-0.4, -0.2) is 23.3 Å². The number of hydrogen-bond donors (Lipinski definition) is 2. The summed E-state index contributed by atoms with van der Waals surface area (Å²) < 4.78 is 0. The number of aliphatic hydroxyl groups is 1. The van der Waals surface area contributed by atoms with Crippen LogP contribution in [0.2, 0.25) is 0 Å². The Morgan fingerprint density at radius 1 is 0.938 bits per heavy atom. The van der Waals surface area contributed by atoms with Gasteiger partial charge in [-0.2, -0.15) is 0 Å². The van der Waals surface area contributed by atoms with E-state index in [2.05, 4.69) is 12.2 Å². The van der Waals surface area contributed by atoms with E-state index in [9.17, 15) is 5.11 Å². The van der Waals surface area contributed by atoms with E-state index in [0.717, 1.165) is 18.8 Å². The Balaban J connectivity index is 1.79. The van der Waals surface area contributed by atoms with Crippen molar-refractivity contribution in [2.75, 3.05) is 0 Å². The van der Waals surface area contributed by atoms with E-state index < -0.39 is 0 Å². The molecule has 0 radical (unpaired) electrons. The molecule has 0 aliphatic heterocycles. The minimum atomic E-state index is -0.0896. The summed E-state index contributed by atoms with van der Waals surface area (Å²) in [5, 5.41) is 13.5. The first kappa shape index (κ1) is 12.4. The van der Waals surface area contributed by atoms with Gasteiger partial charge in [0.2, 0.25) is 0 Å². The summed E-state index contributed by atoms with van der Waals surface area (Å²) >= 11 is 0. The minimum absolute atomic E-state index is 0.0896. The monoisotopic (exact) mass is 225 g/mol. The second-order valence-corrected chi connectivity index (χ2v) is 5.81. The van der Waals surface area contributed by atoms with Crippen molar-refractivity contribution in [1.82, 2.24) is 5.32 Å². The summed E-state index contributed by atoms with van der Waals surface area (Å²) in [5.41, 5.74) is 0. The first-order valence-electron chi connectivity index (χ1n) is 7.21. The summed E-state index contributed by atoms with van der Waals surface area (Å²) in [7, 11) is 0. The smallest absolute Gasteiger partial charge is 0.0693 e. The lowest BCUT2D eigenvalue weighted by molar-refractivity contribution is 0.136. The average Bonchev–Trinajstić information content (AvgIpc) is 2.57. The molecule has 0 unspecified atom stereocenters. The highest BCUT2D eigenvalue weighted by atomic mass is 16.3. The predicted octanol–water partition coefficient (Wildman–Crippen LogP) is 2.85. The van der Waals surface area contributed by atoms with Crippen LogP contribution in [0.15, 0.2) is 0 Å². The summed E-state index contributed by atoms with van der Waals surface area (Å²) in [4.78, 5) is 0. The molecule has 2 heteroatoms. The zero-order chi connectivity index (χ0) is 11.4. The maximum atomic E-state index is 9.83. The van der Waals surface area contributed by atoms with E-state index in [0.29, 0.717) is 12.1 Å². The van der Waals surface area contributed by atoms with Gasteiger partial charge >= 0.3 is 0 Å². The molecule has 0 aromatic carbocycles. The van der Waals surface area contributed by atoms with E-state index in [-0.39, 0.29) is 6.10 Å². The minimum Gasteiger partial charge on any atom is -0.392 e. The van der Waals surface area contributed by atoms with Crippen molar-refractivity contribution in [1.29, 1.82) is 0 Å². The molecule has 0 heterocycles. The van der Waals surface area contributed by atoms with E-state index in [1.54, 1.807) is 0 Å². The summed E-state index contributed by atoms with van der Waals surface area (Å²) in [6.07, 6.45) is 11.7. The quantitative estimate of drug-likeness (QED) is 0.724. The Bertz CT molecular complexity index is 199. The van der Waals surface area contributed by atoms with Crippen LogP contribution in [0.25, 0.3) is 0 Å². The van der Waals surface area contributed by atoms with Gasteiger partial charge in [-0.15, -0.1) is 0 Å². The molecular formula is C14H27NO. The highest BCUT2D eigenvalue weighted by Crippen LogP contribution is 2.27. The summed E-state index contributed by atoms with van der Waals surface area (Å²) in [5.74, 6) is 0.843. The number of aliphatic hydroxyl groups excluding tert-OH is 1. The van der Waals surface area contributed by atoms with Gasteiger partial charge in [-0.25, -0.2) is 0 Å². The van der Waals surface area contributed by atoms with Gasteiger partial charge in [0.15, 0.2) is 0 Å². The Hall–Kier alpha value is -0.0800. The molecule has 2 N–H and O–H groups in total. The summed E-state index contributed by atoms with van der Waals surface area (Å²) in [6, 6.07) is 0.967. The van der Waals surface area contributed by atoms with Gasteiger partial charge in [0.05, 0.1) is 6.10 Å². The fourth-order valence-electron chi connectivity index (χ4n) is 3.42. The van der Waals surface area contributed by atoms with Crippen molar-refractivity contribution in [3.05, 3.63) is 0 Å². The van der Waals surface area contributed by atoms with Gasteiger partial charge in [-0.1, -0.05) is 25.7 Å². The number of hydrogen-bond acceptors (Lipinski definition) is 2. The van der Waals surface area contributed by atoms with Gasteiger partial charge in [-0.3, -0.25) is 0 Å². The molecule has 3 atom stereocenters. The van der Waals surface area contributed by atoms with E-state index >= 15 is 0 Å². The van der Waals surface area contributed by atoms with Gasteiger partial charge < -0.3 is 10.4 Å². The van der Waals surface area contributed by atoms with Crippen LogP contribution in [0.4, 0.5) is 0 Å². The molecule has 2 aliphatic rings. The third kappa shape index (κ3) is 3.21. The molecule has 0 amide bonds. The summed E-state index contributed by atoms with van der Waals surface area (Å²) in [6.45, 7) is 2.32. The highest BCUT2D eigenvalue weighted by molar-refractivity contribution is 4.86. The molecule has 2 fully saturated rings. The zero-order valence-corrected chi connectivity index (χ0v) is 10.6. The van der Waals surface area contributed by atoms with Gasteiger partial charge in [0, 0.05) is 12.1 Å². The Morgan fingerprint density at radius 3 is 2.19 bits per heavy atom. The van der Waals surface area contributed by atoms with E-state index in [1.165, 1.54) is 44.9 Å². The molecule has 2 saturated carbocycles. The van der Waals surface area contributed by atoms with Crippen LogP contribution >= 0.6 is 0 Å². The lowest BCUT2D eigenvalue weighted by Crippen LogP contribution is -2.44. The molecule has 0 aromatic rings. The largest absolute Gasteiger partial charge is 0.392 e. The van der Waals surface area contributed by atoms with E-state index in [4.69, 9.17) is 0 Å². The SMILES string of the molecule is C[C@H](N[C@H]1CCC[C@@H]1O)C1CCCCCC1. The maximum absolute atomic E-state index is 9.83. The molecule has 2 aliphatic carbocycles. The lowest BCUT2D eigenvalue weighted by Gasteiger charge is -2.28. The number of rotatable bonds is 3. The average molecular weight is 225 g/mol. The topological polar surface area (TPSA) is 32.3 Å². The molecule has 94 valence electrons. The van der Waals surface area contributed by atoms with Crippen LogP contribution in [0.3, 0.4) is 0 Å². The third-order valence-corrected chi connectivity index (χ3v) is 4.56. The van der Waals surface area contributed by atoms with Crippen LogP contribution in [-0.2, 0) is 0 Å². The van der Waals surface area contributed by atoms with Crippen LogP contribution in [0.5, 0.6) is 0 Å². The van der Waals surface area contributed by atoms with Crippen molar-refractivity contribution >= 4 is 0 Å². The molecule has 2 nitrogen and oxygen atoms in total.